The fourth-order valence-corrected chi connectivity index (χ4v) is 3.45. The zero-order chi connectivity index (χ0) is 17.8. The average Bonchev–Trinajstić information content (AvgIpc) is 3.04. The van der Waals surface area contributed by atoms with E-state index in [0.717, 1.165) is 0 Å². The minimum Gasteiger partial charge on any atom is -0.298 e. The molecule has 0 radical (unpaired) electrons. The minimum absolute atomic E-state index is 0.159. The van der Waals surface area contributed by atoms with Gasteiger partial charge in [-0.15, -0.1) is 11.3 Å². The predicted molar refractivity (Wildman–Crippen MR) is 93.8 cm³/mol. The Balaban J connectivity index is 1.77. The molecule has 0 saturated heterocycles. The van der Waals surface area contributed by atoms with E-state index in [1.807, 2.05) is 0 Å². The van der Waals surface area contributed by atoms with Crippen LogP contribution in [0.1, 0.15) is 10.4 Å². The quantitative estimate of drug-likeness (QED) is 0.593. The summed E-state index contributed by atoms with van der Waals surface area (Å²) in [7, 11) is 0. The Hall–Kier alpha value is -2.32. The Labute approximate surface area is 149 Å². The molecule has 0 atom stereocenters. The molecule has 3 nitrogen and oxygen atoms in total. The molecular weight excluding hydrogens is 369 g/mol. The number of nitrogens with one attached hydrogen (secondary N) is 1. The van der Waals surface area contributed by atoms with Crippen LogP contribution in [-0.2, 0) is 0 Å². The van der Waals surface area contributed by atoms with Crippen LogP contribution in [0, 0.1) is 5.82 Å². The maximum atomic E-state index is 13.0. The Morgan fingerprint density at radius 1 is 1.12 bits per heavy atom. The van der Waals surface area contributed by atoms with Gasteiger partial charge >= 0.3 is 0 Å². The van der Waals surface area contributed by atoms with Gasteiger partial charge in [0.25, 0.3) is 11.7 Å². The Kier molecular flexibility index (Phi) is 5.40. The van der Waals surface area contributed by atoms with Crippen LogP contribution >= 0.6 is 23.1 Å². The number of amides is 1. The van der Waals surface area contributed by atoms with Gasteiger partial charge in [-0.1, -0.05) is 23.9 Å². The number of halogens is 3. The number of thiazole rings is 1. The molecule has 0 spiro atoms. The molecule has 128 valence electrons. The van der Waals surface area contributed by atoms with E-state index in [9.17, 15) is 18.0 Å². The number of carbonyl (C=O) groups excluding carboxylic acids is 1. The second-order valence-corrected chi connectivity index (χ2v) is 6.76. The number of aromatic nitrogens is 1. The summed E-state index contributed by atoms with van der Waals surface area (Å²) in [4.78, 5) is 16.8. The summed E-state index contributed by atoms with van der Waals surface area (Å²) in [5, 5.41) is 4.67. The van der Waals surface area contributed by atoms with Crippen molar-refractivity contribution in [2.75, 3.05) is 5.32 Å². The van der Waals surface area contributed by atoms with Gasteiger partial charge in [0, 0.05) is 15.8 Å². The van der Waals surface area contributed by atoms with Crippen LogP contribution in [0.15, 0.2) is 58.8 Å². The van der Waals surface area contributed by atoms with Crippen LogP contribution in [0.4, 0.5) is 18.3 Å². The van der Waals surface area contributed by atoms with Crippen LogP contribution in [0.2, 0.25) is 0 Å². The fraction of sp³-hybridized carbons (Fsp3) is 0.0588. The lowest BCUT2D eigenvalue weighted by molar-refractivity contribution is 0.102. The molecule has 2 aromatic carbocycles. The Morgan fingerprint density at radius 3 is 2.56 bits per heavy atom. The molecule has 0 aliphatic rings. The van der Waals surface area contributed by atoms with Crippen molar-refractivity contribution in [2.45, 2.75) is 10.7 Å². The standard InChI is InChI=1S/C17H11F3N2OS2/c18-11-7-5-10(6-8-11)13-9-24-17(21-13)22-15(23)12-3-1-2-4-14(12)25-16(19)20/h1-9,16H,(H,21,22,23). The minimum atomic E-state index is -2.61. The highest BCUT2D eigenvalue weighted by Crippen LogP contribution is 2.30. The number of alkyl halides is 2. The van der Waals surface area contributed by atoms with E-state index in [1.165, 1.54) is 35.6 Å². The maximum Gasteiger partial charge on any atom is 0.288 e. The van der Waals surface area contributed by atoms with Crippen LogP contribution in [0.3, 0.4) is 0 Å². The summed E-state index contributed by atoms with van der Waals surface area (Å²) in [6, 6.07) is 12.0. The number of hydrogen-bond donors (Lipinski definition) is 1. The maximum absolute atomic E-state index is 13.0. The van der Waals surface area contributed by atoms with Gasteiger partial charge in [0.05, 0.1) is 11.3 Å². The van der Waals surface area contributed by atoms with E-state index >= 15 is 0 Å². The third-order valence-electron chi connectivity index (χ3n) is 3.21. The van der Waals surface area contributed by atoms with Gasteiger partial charge in [0.15, 0.2) is 5.13 Å². The van der Waals surface area contributed by atoms with Crippen molar-refractivity contribution in [3.05, 3.63) is 65.3 Å². The predicted octanol–water partition coefficient (Wildman–Crippen LogP) is 5.52. The monoisotopic (exact) mass is 380 g/mol. The number of anilines is 1. The van der Waals surface area contributed by atoms with E-state index in [1.54, 1.807) is 29.6 Å². The first-order valence-electron chi connectivity index (χ1n) is 7.09. The second-order valence-electron chi connectivity index (χ2n) is 4.87. The lowest BCUT2D eigenvalue weighted by atomic mass is 10.2. The van der Waals surface area contributed by atoms with Crippen molar-refractivity contribution in [1.82, 2.24) is 4.98 Å². The lowest BCUT2D eigenvalue weighted by Gasteiger charge is -2.07. The normalized spacial score (nSPS) is 10.9. The Morgan fingerprint density at radius 2 is 1.84 bits per heavy atom. The number of benzene rings is 2. The highest BCUT2D eigenvalue weighted by atomic mass is 32.2. The third kappa shape index (κ3) is 4.40. The van der Waals surface area contributed by atoms with Gasteiger partial charge in [0.1, 0.15) is 5.82 Å². The molecule has 8 heteroatoms. The van der Waals surface area contributed by atoms with Gasteiger partial charge in [-0.05, 0) is 36.4 Å². The van der Waals surface area contributed by atoms with Crippen molar-refractivity contribution in [1.29, 1.82) is 0 Å². The zero-order valence-corrected chi connectivity index (χ0v) is 14.2. The summed E-state index contributed by atoms with van der Waals surface area (Å²) in [6.07, 6.45) is 0. The molecule has 3 aromatic rings. The summed E-state index contributed by atoms with van der Waals surface area (Å²) >= 11 is 1.52. The largest absolute Gasteiger partial charge is 0.298 e. The summed E-state index contributed by atoms with van der Waals surface area (Å²) in [5.41, 5.74) is 1.47. The fourth-order valence-electron chi connectivity index (χ4n) is 2.10. The van der Waals surface area contributed by atoms with E-state index < -0.39 is 11.7 Å². The van der Waals surface area contributed by atoms with Crippen molar-refractivity contribution in [2.24, 2.45) is 0 Å². The van der Waals surface area contributed by atoms with E-state index in [2.05, 4.69) is 10.3 Å². The molecule has 0 unspecified atom stereocenters. The lowest BCUT2D eigenvalue weighted by Crippen LogP contribution is -2.13. The summed E-state index contributed by atoms with van der Waals surface area (Å²) < 4.78 is 38.2. The van der Waals surface area contributed by atoms with Crippen LogP contribution in [-0.4, -0.2) is 16.6 Å². The zero-order valence-electron chi connectivity index (χ0n) is 12.6. The van der Waals surface area contributed by atoms with Gasteiger partial charge in [-0.25, -0.2) is 9.37 Å². The first-order chi connectivity index (χ1) is 12.0. The molecule has 25 heavy (non-hydrogen) atoms. The molecule has 0 aliphatic carbocycles. The van der Waals surface area contributed by atoms with Gasteiger partial charge in [-0.3, -0.25) is 10.1 Å². The number of rotatable bonds is 5. The van der Waals surface area contributed by atoms with Crippen LogP contribution < -0.4 is 5.32 Å². The van der Waals surface area contributed by atoms with Gasteiger partial charge in [0.2, 0.25) is 0 Å². The molecule has 1 N–H and O–H groups in total. The SMILES string of the molecule is O=C(Nc1nc(-c2ccc(F)cc2)cs1)c1ccccc1SC(F)F. The highest BCUT2D eigenvalue weighted by Gasteiger charge is 2.16. The molecule has 3 rings (SSSR count). The van der Waals surface area contributed by atoms with E-state index in [0.29, 0.717) is 28.2 Å². The van der Waals surface area contributed by atoms with Crippen molar-refractivity contribution < 1.29 is 18.0 Å². The van der Waals surface area contributed by atoms with Gasteiger partial charge in [-0.2, -0.15) is 8.78 Å². The smallest absolute Gasteiger partial charge is 0.288 e. The highest BCUT2D eigenvalue weighted by molar-refractivity contribution is 7.99. The third-order valence-corrected chi connectivity index (χ3v) is 4.76. The number of thioether (sulfide) groups is 1. The molecule has 1 aromatic heterocycles. The number of hydrogen-bond acceptors (Lipinski definition) is 4. The molecule has 0 bridgehead atoms. The number of carbonyl (C=O) groups is 1. The van der Waals surface area contributed by atoms with E-state index in [4.69, 9.17) is 0 Å². The number of nitrogens with zero attached hydrogens (tertiary/aromatic N) is 1. The molecule has 0 saturated carbocycles. The second kappa shape index (κ2) is 7.71. The topological polar surface area (TPSA) is 42.0 Å². The molecule has 0 fully saturated rings. The van der Waals surface area contributed by atoms with Crippen molar-refractivity contribution in [3.8, 4) is 11.3 Å². The van der Waals surface area contributed by atoms with Crippen LogP contribution in [0.25, 0.3) is 11.3 Å². The van der Waals surface area contributed by atoms with Crippen molar-refractivity contribution in [3.63, 3.8) is 0 Å². The first-order valence-corrected chi connectivity index (χ1v) is 8.85. The summed E-state index contributed by atoms with van der Waals surface area (Å²) in [5.74, 6) is -3.47. The molecule has 1 amide bonds. The summed E-state index contributed by atoms with van der Waals surface area (Å²) in [6.45, 7) is 0. The molecule has 0 aliphatic heterocycles. The Bertz CT molecular complexity index is 882. The first kappa shape index (κ1) is 17.5. The van der Waals surface area contributed by atoms with Crippen LogP contribution in [0.5, 0.6) is 0 Å². The molecule has 1 heterocycles. The van der Waals surface area contributed by atoms with Crippen molar-refractivity contribution >= 4 is 34.1 Å². The van der Waals surface area contributed by atoms with Gasteiger partial charge < -0.3 is 0 Å². The average molecular weight is 380 g/mol. The molecular formula is C17H11F3N2OS2. The van der Waals surface area contributed by atoms with E-state index in [-0.39, 0.29) is 16.3 Å².